The second kappa shape index (κ2) is 6.03. The Labute approximate surface area is 103 Å². The number of sulfone groups is 1. The molecule has 17 heavy (non-hydrogen) atoms. The number of hydrogen-bond acceptors (Lipinski definition) is 7. The summed E-state index contributed by atoms with van der Waals surface area (Å²) < 4.78 is 22.5. The van der Waals surface area contributed by atoms with Crippen molar-refractivity contribution < 1.29 is 18.3 Å². The summed E-state index contributed by atoms with van der Waals surface area (Å²) in [6, 6.07) is 0. The van der Waals surface area contributed by atoms with E-state index >= 15 is 0 Å². The molecule has 0 aliphatic carbocycles. The van der Waals surface area contributed by atoms with Crippen LogP contribution in [-0.4, -0.2) is 47.7 Å². The van der Waals surface area contributed by atoms with Crippen molar-refractivity contribution >= 4 is 32.2 Å². The first kappa shape index (κ1) is 14.0. The van der Waals surface area contributed by atoms with Crippen LogP contribution >= 0.6 is 11.3 Å². The van der Waals surface area contributed by atoms with E-state index in [0.29, 0.717) is 6.42 Å². The van der Waals surface area contributed by atoms with Crippen LogP contribution in [0.15, 0.2) is 0 Å². The minimum Gasteiger partial charge on any atom is -0.395 e. The number of aryl methyl sites for hydroxylation is 1. The van der Waals surface area contributed by atoms with Crippen LogP contribution in [0, 0.1) is 0 Å². The lowest BCUT2D eigenvalue weighted by atomic mass is 10.5. The lowest BCUT2D eigenvalue weighted by Crippen LogP contribution is -2.25. The Morgan fingerprint density at radius 3 is 2.71 bits per heavy atom. The Kier molecular flexibility index (Phi) is 4.97. The van der Waals surface area contributed by atoms with E-state index in [-0.39, 0.29) is 5.13 Å². The number of aromatic nitrogens is 2. The minimum atomic E-state index is -3.56. The van der Waals surface area contributed by atoms with Crippen molar-refractivity contribution in [2.75, 3.05) is 23.4 Å². The Morgan fingerprint density at radius 1 is 1.47 bits per heavy atom. The fraction of sp³-hybridized carbons (Fsp3) is 0.625. The van der Waals surface area contributed by atoms with Gasteiger partial charge in [0.05, 0.1) is 12.4 Å². The Bertz CT molecular complexity index is 483. The zero-order chi connectivity index (χ0) is 12.9. The third kappa shape index (κ3) is 4.75. The monoisotopic (exact) mass is 279 g/mol. The number of hydrogen-bond donors (Lipinski definition) is 2. The van der Waals surface area contributed by atoms with E-state index in [1.165, 1.54) is 11.3 Å². The van der Waals surface area contributed by atoms with E-state index < -0.39 is 33.9 Å². The van der Waals surface area contributed by atoms with Crippen LogP contribution in [0.4, 0.5) is 5.13 Å². The second-order valence-corrected chi connectivity index (χ2v) is 6.46. The Hall–Kier alpha value is -1.06. The molecule has 0 atom stereocenters. The number of amides is 1. The molecule has 7 nitrogen and oxygen atoms in total. The van der Waals surface area contributed by atoms with Gasteiger partial charge in [-0.15, -0.1) is 10.2 Å². The first-order valence-electron chi connectivity index (χ1n) is 4.90. The molecule has 0 spiro atoms. The van der Waals surface area contributed by atoms with Gasteiger partial charge in [-0.2, -0.15) is 0 Å². The number of anilines is 1. The predicted octanol–water partition coefficient (Wildman–Crippen LogP) is -0.554. The van der Waals surface area contributed by atoms with E-state index in [1.807, 2.05) is 6.92 Å². The summed E-state index contributed by atoms with van der Waals surface area (Å²) in [5.41, 5.74) is 0. The van der Waals surface area contributed by atoms with E-state index in [1.54, 1.807) is 0 Å². The highest BCUT2D eigenvalue weighted by molar-refractivity contribution is 7.92. The van der Waals surface area contributed by atoms with Crippen molar-refractivity contribution in [1.29, 1.82) is 0 Å². The van der Waals surface area contributed by atoms with Crippen LogP contribution in [0.3, 0.4) is 0 Å². The average molecular weight is 279 g/mol. The number of nitrogens with one attached hydrogen (secondary N) is 1. The van der Waals surface area contributed by atoms with Crippen molar-refractivity contribution in [3.63, 3.8) is 0 Å². The fourth-order valence-electron chi connectivity index (χ4n) is 1.01. The van der Waals surface area contributed by atoms with Crippen LogP contribution < -0.4 is 5.32 Å². The summed E-state index contributed by atoms with van der Waals surface area (Å²) in [5, 5.41) is 19.4. The predicted molar refractivity (Wildman–Crippen MR) is 63.7 cm³/mol. The van der Waals surface area contributed by atoms with Gasteiger partial charge in [-0.3, -0.25) is 10.1 Å². The molecule has 0 unspecified atom stereocenters. The lowest BCUT2D eigenvalue weighted by molar-refractivity contribution is -0.113. The molecular formula is C8H13N3O4S2. The molecule has 0 aromatic carbocycles. The first-order valence-corrected chi connectivity index (χ1v) is 7.54. The normalized spacial score (nSPS) is 11.4. The van der Waals surface area contributed by atoms with Crippen molar-refractivity contribution in [2.24, 2.45) is 0 Å². The first-order chi connectivity index (χ1) is 7.96. The Balaban J connectivity index is 2.55. The van der Waals surface area contributed by atoms with Gasteiger partial charge in [0.25, 0.3) is 0 Å². The number of rotatable bonds is 6. The minimum absolute atomic E-state index is 0.283. The lowest BCUT2D eigenvalue weighted by Gasteiger charge is -2.01. The largest absolute Gasteiger partial charge is 0.395 e. The molecule has 1 heterocycles. The van der Waals surface area contributed by atoms with Gasteiger partial charge in [0.15, 0.2) is 9.84 Å². The summed E-state index contributed by atoms with van der Waals surface area (Å²) >= 11 is 1.20. The maximum absolute atomic E-state index is 11.4. The van der Waals surface area contributed by atoms with Gasteiger partial charge in [-0.25, -0.2) is 8.42 Å². The maximum Gasteiger partial charge on any atom is 0.241 e. The van der Waals surface area contributed by atoms with Gasteiger partial charge in [0.2, 0.25) is 11.0 Å². The van der Waals surface area contributed by atoms with Crippen LogP contribution in [0.5, 0.6) is 0 Å². The summed E-state index contributed by atoms with van der Waals surface area (Å²) in [7, 11) is -3.56. The molecule has 1 aromatic rings. The third-order valence-corrected chi connectivity index (χ3v) is 4.26. The quantitative estimate of drug-likeness (QED) is 0.723. The van der Waals surface area contributed by atoms with E-state index in [0.717, 1.165) is 5.01 Å². The van der Waals surface area contributed by atoms with Crippen LogP contribution in [0.1, 0.15) is 11.9 Å². The third-order valence-electron chi connectivity index (χ3n) is 1.77. The highest BCUT2D eigenvalue weighted by atomic mass is 32.2. The Morgan fingerprint density at radius 2 is 2.18 bits per heavy atom. The van der Waals surface area contributed by atoms with Gasteiger partial charge in [0.1, 0.15) is 10.8 Å². The summed E-state index contributed by atoms with van der Waals surface area (Å²) in [6.07, 6.45) is 0.705. The molecule has 1 aromatic heterocycles. The molecule has 0 saturated heterocycles. The maximum atomic E-state index is 11.4. The topological polar surface area (TPSA) is 109 Å². The van der Waals surface area contributed by atoms with Crippen LogP contribution in [0.2, 0.25) is 0 Å². The van der Waals surface area contributed by atoms with Crippen LogP contribution in [0.25, 0.3) is 0 Å². The van der Waals surface area contributed by atoms with Gasteiger partial charge < -0.3 is 5.11 Å². The number of aliphatic hydroxyl groups excluding tert-OH is 1. The van der Waals surface area contributed by atoms with E-state index in [9.17, 15) is 13.2 Å². The van der Waals surface area contributed by atoms with Crippen molar-refractivity contribution in [2.45, 2.75) is 13.3 Å². The standard InChI is InChI=1S/C8H13N3O4S2/c1-2-7-10-11-8(16-7)9-6(13)5-17(14,15)4-3-12/h12H,2-5H2,1H3,(H,9,11,13). The number of nitrogens with zero attached hydrogens (tertiary/aromatic N) is 2. The van der Waals surface area contributed by atoms with Gasteiger partial charge in [0, 0.05) is 0 Å². The van der Waals surface area contributed by atoms with Gasteiger partial charge in [-0.1, -0.05) is 18.3 Å². The smallest absolute Gasteiger partial charge is 0.241 e. The molecule has 0 aliphatic rings. The van der Waals surface area contributed by atoms with Crippen LogP contribution in [-0.2, 0) is 21.1 Å². The summed E-state index contributed by atoms with van der Waals surface area (Å²) in [6.45, 7) is 1.41. The molecule has 0 bridgehead atoms. The molecular weight excluding hydrogens is 266 g/mol. The number of carbonyl (C=O) groups is 1. The molecule has 96 valence electrons. The highest BCUT2D eigenvalue weighted by Crippen LogP contribution is 2.15. The zero-order valence-electron chi connectivity index (χ0n) is 9.21. The van der Waals surface area contributed by atoms with Crippen molar-refractivity contribution in [3.05, 3.63) is 5.01 Å². The van der Waals surface area contributed by atoms with Crippen molar-refractivity contribution in [3.8, 4) is 0 Å². The van der Waals surface area contributed by atoms with Gasteiger partial charge >= 0.3 is 0 Å². The number of aliphatic hydroxyl groups is 1. The van der Waals surface area contributed by atoms with Gasteiger partial charge in [-0.05, 0) is 6.42 Å². The molecule has 2 N–H and O–H groups in total. The fourth-order valence-corrected chi connectivity index (χ4v) is 2.60. The van der Waals surface area contributed by atoms with E-state index in [4.69, 9.17) is 5.11 Å². The molecule has 1 amide bonds. The van der Waals surface area contributed by atoms with E-state index in [2.05, 4.69) is 15.5 Å². The number of carbonyl (C=O) groups excluding carboxylic acids is 1. The molecule has 0 aliphatic heterocycles. The molecule has 9 heteroatoms. The molecule has 0 saturated carbocycles. The molecule has 0 radical (unpaired) electrons. The molecule has 1 rings (SSSR count). The van der Waals surface area contributed by atoms with Crippen molar-refractivity contribution in [1.82, 2.24) is 10.2 Å². The summed E-state index contributed by atoms with van der Waals surface area (Å²) in [4.78, 5) is 11.4. The zero-order valence-corrected chi connectivity index (χ0v) is 10.8. The molecule has 0 fully saturated rings. The summed E-state index contributed by atoms with van der Waals surface area (Å²) in [5.74, 6) is -1.75. The SMILES string of the molecule is CCc1nnc(NC(=O)CS(=O)(=O)CCO)s1. The second-order valence-electron chi connectivity index (χ2n) is 3.22. The highest BCUT2D eigenvalue weighted by Gasteiger charge is 2.17. The average Bonchev–Trinajstić information content (AvgIpc) is 2.64.